The molecule has 0 saturated carbocycles. The summed E-state index contributed by atoms with van der Waals surface area (Å²) in [5.74, 6) is -2.02. The van der Waals surface area contributed by atoms with Crippen LogP contribution in [0.3, 0.4) is 0 Å². The highest BCUT2D eigenvalue weighted by molar-refractivity contribution is 6.04. The molecular formula is C24H19N5O6. The SMILES string of the molecule is O=C(O)[C@H](CC(=NNc1ccc([N+](=O)[O-])cc1[N+](=O)[O-])c1ccccc1)c1c[nH]c2ccccc12. The number of carbonyl (C=O) groups is 1. The lowest BCUT2D eigenvalue weighted by atomic mass is 9.91. The number of aromatic amines is 1. The van der Waals surface area contributed by atoms with Crippen molar-refractivity contribution in [1.29, 1.82) is 0 Å². The molecule has 3 N–H and O–H groups in total. The second kappa shape index (κ2) is 9.83. The fraction of sp³-hybridized carbons (Fsp3) is 0.0833. The van der Waals surface area contributed by atoms with Crippen LogP contribution >= 0.6 is 0 Å². The van der Waals surface area contributed by atoms with Crippen molar-refractivity contribution >= 4 is 39.6 Å². The van der Waals surface area contributed by atoms with Gasteiger partial charge in [0.2, 0.25) is 0 Å². The predicted octanol–water partition coefficient (Wildman–Crippen LogP) is 5.06. The molecule has 1 atom stereocenters. The van der Waals surface area contributed by atoms with E-state index in [1.807, 2.05) is 24.3 Å². The summed E-state index contributed by atoms with van der Waals surface area (Å²) in [7, 11) is 0. The number of para-hydroxylation sites is 1. The minimum atomic E-state index is -1.06. The van der Waals surface area contributed by atoms with Crippen LogP contribution in [0.2, 0.25) is 0 Å². The quantitative estimate of drug-likeness (QED) is 0.174. The molecular weight excluding hydrogens is 454 g/mol. The van der Waals surface area contributed by atoms with Gasteiger partial charge in [-0.2, -0.15) is 5.10 Å². The number of carboxylic acid groups (broad SMARTS) is 1. The number of nitro benzene ring substituents is 2. The molecule has 0 unspecified atom stereocenters. The van der Waals surface area contributed by atoms with E-state index in [1.165, 1.54) is 6.07 Å². The van der Waals surface area contributed by atoms with Gasteiger partial charge in [-0.3, -0.25) is 30.4 Å². The van der Waals surface area contributed by atoms with E-state index < -0.39 is 33.1 Å². The van der Waals surface area contributed by atoms with E-state index in [0.29, 0.717) is 16.8 Å². The molecule has 0 fully saturated rings. The first kappa shape index (κ1) is 23.1. The maximum atomic E-state index is 12.3. The Morgan fingerprint density at radius 3 is 2.40 bits per heavy atom. The van der Waals surface area contributed by atoms with E-state index >= 15 is 0 Å². The van der Waals surface area contributed by atoms with Gasteiger partial charge < -0.3 is 10.1 Å². The normalized spacial score (nSPS) is 12.3. The van der Waals surface area contributed by atoms with Crippen LogP contribution in [0.1, 0.15) is 23.5 Å². The molecule has 1 aromatic heterocycles. The van der Waals surface area contributed by atoms with Crippen molar-refractivity contribution in [3.05, 3.63) is 110 Å². The minimum absolute atomic E-state index is 0.0189. The second-order valence-corrected chi connectivity index (χ2v) is 7.64. The molecule has 0 saturated heterocycles. The third kappa shape index (κ3) is 4.98. The summed E-state index contributed by atoms with van der Waals surface area (Å²) in [5, 5.41) is 37.6. The average Bonchev–Trinajstić information content (AvgIpc) is 3.28. The van der Waals surface area contributed by atoms with E-state index in [1.54, 1.807) is 36.5 Å². The van der Waals surface area contributed by atoms with Crippen LogP contribution in [0, 0.1) is 20.2 Å². The van der Waals surface area contributed by atoms with Crippen LogP contribution in [-0.4, -0.2) is 31.6 Å². The number of nitrogens with zero attached hydrogens (tertiary/aromatic N) is 3. The molecule has 0 aliphatic carbocycles. The lowest BCUT2D eigenvalue weighted by molar-refractivity contribution is -0.393. The van der Waals surface area contributed by atoms with E-state index in [9.17, 15) is 30.1 Å². The Morgan fingerprint density at radius 2 is 1.71 bits per heavy atom. The number of hydrogen-bond donors (Lipinski definition) is 3. The number of nitro groups is 2. The molecule has 11 heteroatoms. The molecule has 4 rings (SSSR count). The molecule has 3 aromatic carbocycles. The van der Waals surface area contributed by atoms with Gasteiger partial charge in [-0.15, -0.1) is 0 Å². The summed E-state index contributed by atoms with van der Waals surface area (Å²) < 4.78 is 0. The topological polar surface area (TPSA) is 164 Å². The van der Waals surface area contributed by atoms with Crippen molar-refractivity contribution in [3.8, 4) is 0 Å². The van der Waals surface area contributed by atoms with Crippen molar-refractivity contribution in [2.75, 3.05) is 5.43 Å². The van der Waals surface area contributed by atoms with Gasteiger partial charge in [-0.1, -0.05) is 48.5 Å². The van der Waals surface area contributed by atoms with Gasteiger partial charge in [-0.25, -0.2) is 0 Å². The Hall–Kier alpha value is -5.06. The van der Waals surface area contributed by atoms with Crippen molar-refractivity contribution in [3.63, 3.8) is 0 Å². The number of fused-ring (bicyclic) bond motifs is 1. The van der Waals surface area contributed by atoms with Crippen molar-refractivity contribution in [2.24, 2.45) is 5.10 Å². The molecule has 0 aliphatic heterocycles. The third-order valence-electron chi connectivity index (χ3n) is 5.50. The Kier molecular flexibility index (Phi) is 6.49. The van der Waals surface area contributed by atoms with Gasteiger partial charge in [0.15, 0.2) is 0 Å². The number of carboxylic acids is 1. The number of hydrazone groups is 1. The van der Waals surface area contributed by atoms with Gasteiger partial charge in [-0.05, 0) is 23.3 Å². The molecule has 0 radical (unpaired) electrons. The number of anilines is 1. The number of rotatable bonds is 9. The molecule has 0 amide bonds. The van der Waals surface area contributed by atoms with Crippen LogP contribution in [0.5, 0.6) is 0 Å². The zero-order chi connectivity index (χ0) is 24.9. The standard InChI is InChI=1S/C24H19N5O6/c30-24(31)18(19-14-25-20-9-5-4-8-17(19)20)13-22(15-6-2-1-3-7-15)27-26-21-11-10-16(28(32)33)12-23(21)29(34)35/h1-12,14,18,25-26H,13H2,(H,30,31)/t18-/m1/s1. The van der Waals surface area contributed by atoms with Crippen LogP contribution < -0.4 is 5.43 Å². The van der Waals surface area contributed by atoms with Crippen molar-refractivity contribution in [1.82, 2.24) is 4.98 Å². The maximum Gasteiger partial charge on any atom is 0.311 e. The van der Waals surface area contributed by atoms with Crippen LogP contribution in [0.4, 0.5) is 17.1 Å². The molecule has 1 heterocycles. The second-order valence-electron chi connectivity index (χ2n) is 7.64. The number of non-ortho nitro benzene ring substituents is 1. The summed E-state index contributed by atoms with van der Waals surface area (Å²) >= 11 is 0. The van der Waals surface area contributed by atoms with Gasteiger partial charge in [0.25, 0.3) is 5.69 Å². The lowest BCUT2D eigenvalue weighted by Gasteiger charge is -2.15. The molecule has 4 aromatic rings. The van der Waals surface area contributed by atoms with E-state index in [-0.39, 0.29) is 12.1 Å². The Balaban J connectivity index is 1.74. The zero-order valence-corrected chi connectivity index (χ0v) is 18.1. The highest BCUT2D eigenvalue weighted by Gasteiger charge is 2.26. The monoisotopic (exact) mass is 473 g/mol. The summed E-state index contributed by atoms with van der Waals surface area (Å²) in [4.78, 5) is 36.4. The number of H-pyrrole nitrogens is 1. The Morgan fingerprint density at radius 1 is 1.00 bits per heavy atom. The fourth-order valence-electron chi connectivity index (χ4n) is 3.77. The lowest BCUT2D eigenvalue weighted by Crippen LogP contribution is -2.18. The van der Waals surface area contributed by atoms with E-state index in [0.717, 1.165) is 23.0 Å². The maximum absolute atomic E-state index is 12.3. The first-order valence-corrected chi connectivity index (χ1v) is 10.4. The molecule has 11 nitrogen and oxygen atoms in total. The van der Waals surface area contributed by atoms with E-state index in [4.69, 9.17) is 0 Å². The average molecular weight is 473 g/mol. The number of nitrogens with one attached hydrogen (secondary N) is 2. The number of hydrogen-bond acceptors (Lipinski definition) is 7. The molecule has 0 spiro atoms. The van der Waals surface area contributed by atoms with Crippen molar-refractivity contribution in [2.45, 2.75) is 12.3 Å². The molecule has 35 heavy (non-hydrogen) atoms. The highest BCUT2D eigenvalue weighted by Crippen LogP contribution is 2.31. The van der Waals surface area contributed by atoms with E-state index in [2.05, 4.69) is 15.5 Å². The summed E-state index contributed by atoms with van der Waals surface area (Å²) in [5.41, 5.74) is 3.93. The molecule has 0 aliphatic rings. The molecule has 176 valence electrons. The molecule has 0 bridgehead atoms. The number of aliphatic carboxylic acids is 1. The van der Waals surface area contributed by atoms with Gasteiger partial charge in [0.05, 0.1) is 27.5 Å². The number of benzene rings is 3. The van der Waals surface area contributed by atoms with Crippen molar-refractivity contribution < 1.29 is 19.7 Å². The smallest absolute Gasteiger partial charge is 0.311 e. The van der Waals surface area contributed by atoms with Crippen LogP contribution in [0.15, 0.2) is 84.1 Å². The van der Waals surface area contributed by atoms with Crippen LogP contribution in [-0.2, 0) is 4.79 Å². The largest absolute Gasteiger partial charge is 0.481 e. The summed E-state index contributed by atoms with van der Waals surface area (Å²) in [6.45, 7) is 0. The summed E-state index contributed by atoms with van der Waals surface area (Å²) in [6.07, 6.45) is 1.63. The van der Waals surface area contributed by atoms with Gasteiger partial charge in [0, 0.05) is 29.6 Å². The zero-order valence-electron chi connectivity index (χ0n) is 18.1. The predicted molar refractivity (Wildman–Crippen MR) is 130 cm³/mol. The number of aromatic nitrogens is 1. The van der Waals surface area contributed by atoms with Gasteiger partial charge >= 0.3 is 11.7 Å². The summed E-state index contributed by atoms with van der Waals surface area (Å²) in [6, 6.07) is 19.3. The third-order valence-corrected chi connectivity index (χ3v) is 5.50. The minimum Gasteiger partial charge on any atom is -0.481 e. The Labute approximate surface area is 198 Å². The first-order chi connectivity index (χ1) is 16.8. The van der Waals surface area contributed by atoms with Crippen LogP contribution in [0.25, 0.3) is 10.9 Å². The fourth-order valence-corrected chi connectivity index (χ4v) is 3.77. The first-order valence-electron chi connectivity index (χ1n) is 10.4. The Bertz CT molecular complexity index is 1450. The highest BCUT2D eigenvalue weighted by atomic mass is 16.6. The van der Waals surface area contributed by atoms with Gasteiger partial charge in [0.1, 0.15) is 5.69 Å².